The van der Waals surface area contributed by atoms with Crippen LogP contribution >= 0.6 is 11.6 Å². The molecule has 2 aliphatic heterocycles. The maximum Gasteiger partial charge on any atom is 0.241 e. The lowest BCUT2D eigenvalue weighted by Crippen LogP contribution is -2.48. The van der Waals surface area contributed by atoms with Gasteiger partial charge in [0, 0.05) is 25.7 Å². The number of nitrogens with zero attached hydrogens (tertiary/aromatic N) is 5. The molecule has 13 heteroatoms. The second-order valence-corrected chi connectivity index (χ2v) is 15.0. The highest BCUT2D eigenvalue weighted by Gasteiger charge is 2.67. The van der Waals surface area contributed by atoms with Crippen molar-refractivity contribution >= 4 is 63.7 Å². The summed E-state index contributed by atoms with van der Waals surface area (Å²) in [5, 5.41) is 18.4. The predicted molar refractivity (Wildman–Crippen MR) is 198 cm³/mol. The molecular weight excluding hydrogens is 716 g/mol. The van der Waals surface area contributed by atoms with E-state index >= 15 is 0 Å². The van der Waals surface area contributed by atoms with Crippen LogP contribution in [0, 0.1) is 40.7 Å². The summed E-state index contributed by atoms with van der Waals surface area (Å²) in [5.74, 6) is -8.29. The molecule has 1 saturated carbocycles. The van der Waals surface area contributed by atoms with Crippen LogP contribution < -0.4 is 14.7 Å². The van der Waals surface area contributed by atoms with Crippen LogP contribution in [0.1, 0.15) is 31.2 Å². The minimum atomic E-state index is -1.46. The minimum Gasteiger partial charge on any atom is -0.505 e. The number of rotatable bonds is 6. The van der Waals surface area contributed by atoms with Crippen LogP contribution in [0.2, 0.25) is 5.02 Å². The smallest absolute Gasteiger partial charge is 0.241 e. The normalized spacial score (nSPS) is 26.3. The Hall–Kier alpha value is -5.75. The molecule has 0 spiro atoms. The molecule has 0 aromatic heterocycles. The number of carbonyl (C=O) groups is 4. The van der Waals surface area contributed by atoms with E-state index in [1.54, 1.807) is 31.2 Å². The number of hydrogen-bond acceptors (Lipinski definition) is 8. The SMILES string of the molecule is CN(C)c1ccc(N=Nc2ccc(N3C(=O)[C@H]4[C@H](CC=C5[C@H]4C[C@H]4C(=O)N(c6ccc(F)c(Cl)c6)C(=O)[C@@]4(C)[C@H]5c4ccc(O)c(F)c4)C3=O)cc2)cc1. The summed E-state index contributed by atoms with van der Waals surface area (Å²) in [7, 11) is 3.89. The summed E-state index contributed by atoms with van der Waals surface area (Å²) in [4.78, 5) is 61.4. The Morgan fingerprint density at radius 1 is 0.778 bits per heavy atom. The highest BCUT2D eigenvalue weighted by molar-refractivity contribution is 6.32. The fraction of sp³-hybridized carbons (Fsp3) is 0.268. The molecule has 0 unspecified atom stereocenters. The van der Waals surface area contributed by atoms with Gasteiger partial charge in [-0.2, -0.15) is 10.2 Å². The van der Waals surface area contributed by atoms with Crippen molar-refractivity contribution in [2.75, 3.05) is 28.8 Å². The van der Waals surface area contributed by atoms with Gasteiger partial charge in [0.05, 0.1) is 50.9 Å². The van der Waals surface area contributed by atoms with Gasteiger partial charge in [0.15, 0.2) is 11.6 Å². The summed E-state index contributed by atoms with van der Waals surface area (Å²) in [6.45, 7) is 1.65. The van der Waals surface area contributed by atoms with Crippen molar-refractivity contribution in [2.24, 2.45) is 39.3 Å². The van der Waals surface area contributed by atoms with Crippen molar-refractivity contribution in [1.82, 2.24) is 0 Å². The first-order valence-electron chi connectivity index (χ1n) is 17.5. The van der Waals surface area contributed by atoms with Gasteiger partial charge in [-0.1, -0.05) is 29.3 Å². The van der Waals surface area contributed by atoms with E-state index in [2.05, 4.69) is 10.2 Å². The Morgan fingerprint density at radius 2 is 1.43 bits per heavy atom. The molecule has 10 nitrogen and oxygen atoms in total. The zero-order chi connectivity index (χ0) is 38.2. The second kappa shape index (κ2) is 13.0. The quantitative estimate of drug-likeness (QED) is 0.120. The molecule has 54 heavy (non-hydrogen) atoms. The molecule has 8 rings (SSSR count). The second-order valence-electron chi connectivity index (χ2n) is 14.6. The average molecular weight is 750 g/mol. The van der Waals surface area contributed by atoms with E-state index in [9.17, 15) is 33.1 Å². The van der Waals surface area contributed by atoms with Crippen molar-refractivity contribution in [2.45, 2.75) is 25.7 Å². The molecule has 4 aromatic rings. The molecule has 4 aromatic carbocycles. The number of fused-ring (bicyclic) bond motifs is 4. The van der Waals surface area contributed by atoms with Gasteiger partial charge in [-0.3, -0.25) is 24.1 Å². The summed E-state index contributed by atoms with van der Waals surface area (Å²) in [6, 6.07) is 21.5. The van der Waals surface area contributed by atoms with Crippen molar-refractivity contribution in [3.8, 4) is 5.75 Å². The van der Waals surface area contributed by atoms with Gasteiger partial charge in [0.1, 0.15) is 5.82 Å². The van der Waals surface area contributed by atoms with E-state index in [0.717, 1.165) is 22.7 Å². The lowest BCUT2D eigenvalue weighted by molar-refractivity contribution is -0.131. The van der Waals surface area contributed by atoms with Crippen LogP contribution in [0.3, 0.4) is 0 Å². The number of aromatic hydroxyl groups is 1. The van der Waals surface area contributed by atoms with Gasteiger partial charge in [0.25, 0.3) is 0 Å². The summed E-state index contributed by atoms with van der Waals surface area (Å²) >= 11 is 6.07. The lowest BCUT2D eigenvalue weighted by Gasteiger charge is -2.49. The van der Waals surface area contributed by atoms with Crippen molar-refractivity contribution in [1.29, 1.82) is 0 Å². The number of azo groups is 1. The van der Waals surface area contributed by atoms with Crippen LogP contribution in [0.5, 0.6) is 5.75 Å². The van der Waals surface area contributed by atoms with Crippen molar-refractivity contribution in [3.05, 3.63) is 119 Å². The third kappa shape index (κ3) is 5.41. The third-order valence-corrected chi connectivity index (χ3v) is 11.8. The predicted octanol–water partition coefficient (Wildman–Crippen LogP) is 8.24. The summed E-state index contributed by atoms with van der Waals surface area (Å²) in [6.07, 6.45) is 2.10. The van der Waals surface area contributed by atoms with Crippen LogP contribution in [0.25, 0.3) is 0 Å². The van der Waals surface area contributed by atoms with Crippen molar-refractivity contribution < 1.29 is 33.1 Å². The number of phenolic OH excluding ortho intramolecular Hbond substituents is 1. The highest BCUT2D eigenvalue weighted by atomic mass is 35.5. The highest BCUT2D eigenvalue weighted by Crippen LogP contribution is 2.64. The molecule has 4 aliphatic rings. The minimum absolute atomic E-state index is 0.0677. The maximum absolute atomic E-state index is 15.0. The third-order valence-electron chi connectivity index (χ3n) is 11.5. The molecule has 2 saturated heterocycles. The standard InChI is InChI=1S/C41H34ClF2N5O5/c1-41-30(38(52)49(40(41)54)26-13-16-32(43)31(42)19-26)20-29-27(36(41)21-4-17-34(50)33(44)18-21)14-15-28-35(29)39(53)48(37(28)51)25-11-7-23(8-12-25)46-45-22-5-9-24(10-6-22)47(2)3/h4-14,16-19,28-30,35-36,50H,15,20H2,1-3H3/t28-,29+,30-,35-,36-,41+/m0/s1. The van der Waals surface area contributed by atoms with Crippen LogP contribution in [-0.4, -0.2) is 42.8 Å². The van der Waals surface area contributed by atoms with Gasteiger partial charge in [-0.05, 0) is 110 Å². The topological polar surface area (TPSA) is 123 Å². The Labute approximate surface area is 314 Å². The zero-order valence-corrected chi connectivity index (χ0v) is 30.2. The van der Waals surface area contributed by atoms with E-state index in [1.807, 2.05) is 49.3 Å². The first-order chi connectivity index (χ1) is 25.8. The molecule has 0 bridgehead atoms. The van der Waals surface area contributed by atoms with Crippen LogP contribution in [0.4, 0.5) is 37.2 Å². The number of halogens is 3. The Morgan fingerprint density at radius 3 is 2.06 bits per heavy atom. The number of phenols is 1. The fourth-order valence-electron chi connectivity index (χ4n) is 8.82. The van der Waals surface area contributed by atoms with Crippen LogP contribution in [-0.2, 0) is 19.2 Å². The fourth-order valence-corrected chi connectivity index (χ4v) is 9.00. The number of imide groups is 2. The van der Waals surface area contributed by atoms with E-state index in [-0.39, 0.29) is 29.5 Å². The maximum atomic E-state index is 15.0. The van der Waals surface area contributed by atoms with Crippen molar-refractivity contribution in [3.63, 3.8) is 0 Å². The number of amides is 4. The largest absolute Gasteiger partial charge is 0.505 e. The van der Waals surface area contributed by atoms with Gasteiger partial charge >= 0.3 is 0 Å². The molecule has 1 N–H and O–H groups in total. The zero-order valence-electron chi connectivity index (χ0n) is 29.4. The first-order valence-corrected chi connectivity index (χ1v) is 17.9. The summed E-state index contributed by atoms with van der Waals surface area (Å²) in [5.41, 5.74) is 2.17. The number of carbonyl (C=O) groups excluding carboxylic acids is 4. The van der Waals surface area contributed by atoms with Gasteiger partial charge in [0.2, 0.25) is 23.6 Å². The summed E-state index contributed by atoms with van der Waals surface area (Å²) < 4.78 is 29.1. The van der Waals surface area contributed by atoms with Gasteiger partial charge in [-0.25, -0.2) is 13.7 Å². The van der Waals surface area contributed by atoms with E-state index < -0.39 is 70.1 Å². The molecule has 4 amide bonds. The molecular formula is C41H34ClF2N5O5. The monoisotopic (exact) mass is 749 g/mol. The molecule has 6 atom stereocenters. The molecule has 3 fully saturated rings. The van der Waals surface area contributed by atoms with Gasteiger partial charge < -0.3 is 10.0 Å². The Balaban J connectivity index is 1.13. The van der Waals surface area contributed by atoms with E-state index in [4.69, 9.17) is 11.6 Å². The first kappa shape index (κ1) is 35.3. The van der Waals surface area contributed by atoms with Crippen LogP contribution in [0.15, 0.2) is 107 Å². The molecule has 2 heterocycles. The number of anilines is 3. The average Bonchev–Trinajstić information content (AvgIpc) is 3.52. The number of hydrogen-bond donors (Lipinski definition) is 1. The molecule has 274 valence electrons. The van der Waals surface area contributed by atoms with Gasteiger partial charge in [-0.15, -0.1) is 0 Å². The number of benzene rings is 4. The van der Waals surface area contributed by atoms with E-state index in [1.165, 1.54) is 29.2 Å². The Bertz CT molecular complexity index is 2310. The molecule has 2 aliphatic carbocycles. The van der Waals surface area contributed by atoms with E-state index in [0.29, 0.717) is 28.2 Å². The number of allylic oxidation sites excluding steroid dienone is 2. The lowest BCUT2D eigenvalue weighted by atomic mass is 9.51. The molecule has 0 radical (unpaired) electrons. The Kier molecular flexibility index (Phi) is 8.48.